The van der Waals surface area contributed by atoms with Gasteiger partial charge >= 0.3 is 0 Å². The number of hydrogen-bond acceptors (Lipinski definition) is 10. The molecule has 3 aliphatic carbocycles. The summed E-state index contributed by atoms with van der Waals surface area (Å²) in [5.74, 6) is -9.03. The molecule has 41 heavy (non-hydrogen) atoms. The van der Waals surface area contributed by atoms with Gasteiger partial charge in [-0.25, -0.2) is 0 Å². The van der Waals surface area contributed by atoms with Gasteiger partial charge in [-0.15, -0.1) is 0 Å². The smallest absolute Gasteiger partial charge is 0.255 e. The van der Waals surface area contributed by atoms with E-state index in [1.54, 1.807) is 25.1 Å². The molecular formula is C30H28N2O9. The number of nitrogens with two attached hydrogens (primary N) is 1. The van der Waals surface area contributed by atoms with Gasteiger partial charge in [0.25, 0.3) is 5.91 Å². The number of primary amides is 1. The monoisotopic (exact) mass is 560 g/mol. The number of carbonyl (C=O) groups is 3. The standard InChI is InChI=1S/C30H28N2O9/c1-11-17-13(16-10-12-6-4-5-7-15(12)41-16)8-9-14(33)19(17)24(34)20-18(11)25(35)22-23(32(2)3)26(36)21(29(31)39)28(38)30(22,40)27(20)37/h4-11,18,22-23,25,33,35-37,40H,1-3H3,(H2,31,39)/t11-,18+,22+,23+,25-,30+/m0/s1. The molecule has 7 N–H and O–H groups in total. The number of aliphatic hydroxyl groups is 4. The van der Waals surface area contributed by atoms with Crippen molar-refractivity contribution in [2.45, 2.75) is 30.6 Å². The summed E-state index contributed by atoms with van der Waals surface area (Å²) in [6.07, 6.45) is -1.68. The summed E-state index contributed by atoms with van der Waals surface area (Å²) in [6, 6.07) is 10.7. The van der Waals surface area contributed by atoms with Crippen LogP contribution in [0.4, 0.5) is 0 Å². The number of furan rings is 1. The zero-order chi connectivity index (χ0) is 29.7. The Morgan fingerprint density at radius 2 is 1.76 bits per heavy atom. The number of para-hydroxylation sites is 1. The Morgan fingerprint density at radius 3 is 2.39 bits per heavy atom. The predicted octanol–water partition coefficient (Wildman–Crippen LogP) is 2.07. The molecule has 0 saturated carbocycles. The van der Waals surface area contributed by atoms with Gasteiger partial charge in [-0.3, -0.25) is 19.3 Å². The van der Waals surface area contributed by atoms with Crippen molar-refractivity contribution in [2.75, 3.05) is 14.1 Å². The van der Waals surface area contributed by atoms with E-state index >= 15 is 0 Å². The van der Waals surface area contributed by atoms with E-state index < -0.39 is 81.4 Å². The lowest BCUT2D eigenvalue weighted by Crippen LogP contribution is -2.68. The van der Waals surface area contributed by atoms with Crippen LogP contribution in [0.5, 0.6) is 5.75 Å². The minimum absolute atomic E-state index is 0.177. The van der Waals surface area contributed by atoms with Crippen LogP contribution >= 0.6 is 0 Å². The Hall–Kier alpha value is -4.45. The van der Waals surface area contributed by atoms with Crippen molar-refractivity contribution >= 4 is 28.4 Å². The Bertz CT molecular complexity index is 1720. The molecule has 6 atom stereocenters. The highest BCUT2D eigenvalue weighted by atomic mass is 16.4. The van der Waals surface area contributed by atoms with Crippen molar-refractivity contribution in [1.29, 1.82) is 0 Å². The lowest BCUT2D eigenvalue weighted by molar-refractivity contribution is -0.162. The summed E-state index contributed by atoms with van der Waals surface area (Å²) in [6.45, 7) is 1.68. The maximum atomic E-state index is 14.0. The second-order valence-corrected chi connectivity index (χ2v) is 11.1. The molecule has 3 aromatic rings. The maximum absolute atomic E-state index is 14.0. The number of nitrogens with zero attached hydrogens (tertiary/aromatic N) is 1. The molecule has 0 bridgehead atoms. The number of amides is 1. The van der Waals surface area contributed by atoms with Crippen LogP contribution in [0.15, 0.2) is 69.5 Å². The van der Waals surface area contributed by atoms with Crippen LogP contribution in [0, 0.1) is 11.8 Å². The van der Waals surface area contributed by atoms with E-state index in [0.29, 0.717) is 22.5 Å². The number of Topliss-reactive ketones (excluding diaryl/α,β-unsaturated/α-hetero) is 2. The Kier molecular flexibility index (Phi) is 5.73. The molecule has 0 spiro atoms. The van der Waals surface area contributed by atoms with Gasteiger partial charge in [0.1, 0.15) is 34.2 Å². The molecule has 0 saturated heterocycles. The number of phenolic OH excluding ortho intramolecular Hbond substituents is 1. The van der Waals surface area contributed by atoms with Crippen molar-refractivity contribution in [2.24, 2.45) is 17.6 Å². The van der Waals surface area contributed by atoms with Gasteiger partial charge in [0, 0.05) is 22.4 Å². The van der Waals surface area contributed by atoms with E-state index in [-0.39, 0.29) is 5.56 Å². The highest BCUT2D eigenvalue weighted by molar-refractivity contribution is 6.25. The number of ketones is 2. The molecule has 0 unspecified atom stereocenters. The van der Waals surface area contributed by atoms with E-state index in [4.69, 9.17) is 10.2 Å². The van der Waals surface area contributed by atoms with Crippen LogP contribution in [0.1, 0.15) is 28.8 Å². The first kappa shape index (κ1) is 26.8. The third-order valence-corrected chi connectivity index (χ3v) is 8.80. The van der Waals surface area contributed by atoms with Crippen LogP contribution in [-0.4, -0.2) is 79.7 Å². The summed E-state index contributed by atoms with van der Waals surface area (Å²) in [4.78, 5) is 41.1. The van der Waals surface area contributed by atoms with Crippen LogP contribution in [-0.2, 0) is 9.59 Å². The average Bonchev–Trinajstić information content (AvgIpc) is 3.34. The number of hydrogen-bond donors (Lipinski definition) is 6. The van der Waals surface area contributed by atoms with Gasteiger partial charge < -0.3 is 35.7 Å². The summed E-state index contributed by atoms with van der Waals surface area (Å²) in [7, 11) is 2.97. The van der Waals surface area contributed by atoms with E-state index in [9.17, 15) is 39.9 Å². The van der Waals surface area contributed by atoms with Gasteiger partial charge in [0.2, 0.25) is 5.78 Å². The minimum atomic E-state index is -2.96. The number of aromatic hydroxyl groups is 1. The summed E-state index contributed by atoms with van der Waals surface area (Å²) >= 11 is 0. The topological polar surface area (TPSA) is 195 Å². The fourth-order valence-electron chi connectivity index (χ4n) is 7.03. The average molecular weight is 561 g/mol. The molecule has 212 valence electrons. The van der Waals surface area contributed by atoms with Crippen LogP contribution in [0.2, 0.25) is 0 Å². The van der Waals surface area contributed by atoms with E-state index in [0.717, 1.165) is 5.39 Å². The second kappa shape index (κ2) is 8.77. The van der Waals surface area contributed by atoms with E-state index in [1.165, 1.54) is 25.1 Å². The maximum Gasteiger partial charge on any atom is 0.255 e. The van der Waals surface area contributed by atoms with E-state index in [1.807, 2.05) is 18.2 Å². The number of fused-ring (bicyclic) bond motifs is 4. The molecule has 11 heteroatoms. The highest BCUT2D eigenvalue weighted by Gasteiger charge is 2.67. The zero-order valence-corrected chi connectivity index (χ0v) is 22.3. The number of phenols is 1. The molecule has 6 rings (SSSR count). The first-order chi connectivity index (χ1) is 19.3. The first-order valence-corrected chi connectivity index (χ1v) is 13.0. The van der Waals surface area contributed by atoms with Crippen molar-refractivity contribution < 1.29 is 44.3 Å². The minimum Gasteiger partial charge on any atom is -0.510 e. The first-order valence-electron chi connectivity index (χ1n) is 13.0. The molecule has 0 fully saturated rings. The molecule has 1 aromatic heterocycles. The lowest BCUT2D eigenvalue weighted by Gasteiger charge is -2.53. The van der Waals surface area contributed by atoms with Gasteiger partial charge in [-0.2, -0.15) is 0 Å². The molecule has 2 aromatic carbocycles. The van der Waals surface area contributed by atoms with Crippen molar-refractivity contribution in [3.63, 3.8) is 0 Å². The van der Waals surface area contributed by atoms with Crippen LogP contribution in [0.25, 0.3) is 22.3 Å². The molecule has 0 radical (unpaired) electrons. The number of likely N-dealkylation sites (N-methyl/N-ethyl adjacent to an activating group) is 1. The number of carbonyl (C=O) groups excluding carboxylic acids is 3. The largest absolute Gasteiger partial charge is 0.510 e. The molecule has 1 heterocycles. The number of aliphatic hydroxyl groups excluding tert-OH is 3. The quantitative estimate of drug-likeness (QED) is 0.258. The van der Waals surface area contributed by atoms with Crippen molar-refractivity contribution in [3.8, 4) is 17.1 Å². The molecule has 11 nitrogen and oxygen atoms in total. The Morgan fingerprint density at radius 1 is 1.07 bits per heavy atom. The predicted molar refractivity (Wildman–Crippen MR) is 145 cm³/mol. The molecule has 3 aliphatic rings. The zero-order valence-electron chi connectivity index (χ0n) is 22.3. The van der Waals surface area contributed by atoms with Gasteiger partial charge in [0.15, 0.2) is 11.4 Å². The number of benzene rings is 2. The summed E-state index contributed by atoms with van der Waals surface area (Å²) < 4.78 is 6.05. The lowest BCUT2D eigenvalue weighted by atomic mass is 9.55. The number of rotatable bonds is 3. The third-order valence-electron chi connectivity index (χ3n) is 8.80. The normalized spacial score (nSPS) is 29.6. The van der Waals surface area contributed by atoms with Crippen molar-refractivity contribution in [3.05, 3.63) is 76.3 Å². The van der Waals surface area contributed by atoms with Crippen molar-refractivity contribution in [1.82, 2.24) is 4.90 Å². The highest BCUT2D eigenvalue weighted by Crippen LogP contribution is 2.56. The summed E-state index contributed by atoms with van der Waals surface area (Å²) in [5.41, 5.74) is 2.24. The van der Waals surface area contributed by atoms with E-state index in [2.05, 4.69) is 0 Å². The SMILES string of the molecule is C[C@H]1c2c(-c3cc4ccccc4o3)ccc(O)c2C(=O)C2=C(O)[C@@]3(O)C(=O)C(C(N)=O)=C(O)[C@H](N(C)C)[C@@H]3[C@@H](O)[C@@H]21. The third kappa shape index (κ3) is 3.33. The van der Waals surface area contributed by atoms with Gasteiger partial charge in [-0.05, 0) is 49.8 Å². The van der Waals surface area contributed by atoms with Gasteiger partial charge in [-0.1, -0.05) is 25.1 Å². The van der Waals surface area contributed by atoms with Crippen LogP contribution < -0.4 is 5.73 Å². The molecule has 0 aliphatic heterocycles. The fourth-order valence-corrected chi connectivity index (χ4v) is 7.03. The Balaban J connectivity index is 1.62. The second-order valence-electron chi connectivity index (χ2n) is 11.1. The van der Waals surface area contributed by atoms with Gasteiger partial charge in [0.05, 0.1) is 23.6 Å². The van der Waals surface area contributed by atoms with Crippen LogP contribution in [0.3, 0.4) is 0 Å². The summed E-state index contributed by atoms with van der Waals surface area (Å²) in [5, 5.41) is 57.8. The molecule has 1 amide bonds. The molecular weight excluding hydrogens is 532 g/mol. The Labute approximate surface area is 233 Å². The fraction of sp³-hybridized carbons (Fsp3) is 0.300.